The smallest absolute Gasteiger partial charge is 0.375 e. The number of methoxy groups -OCH3 is 2. The lowest BCUT2D eigenvalue weighted by Gasteiger charge is -2.10. The number of rotatable bonds is 10. The predicted molar refractivity (Wildman–Crippen MR) is 184 cm³/mol. The zero-order valence-corrected chi connectivity index (χ0v) is 27.1. The Morgan fingerprint density at radius 3 is 1.78 bits per heavy atom. The summed E-state index contributed by atoms with van der Waals surface area (Å²) in [6.45, 7) is 0.262. The fourth-order valence-electron chi connectivity index (χ4n) is 4.58. The molecule has 0 spiro atoms. The lowest BCUT2D eigenvalue weighted by Crippen LogP contribution is -2.25. The highest BCUT2D eigenvalue weighted by Crippen LogP contribution is 2.20. The summed E-state index contributed by atoms with van der Waals surface area (Å²) < 4.78 is 20.6. The van der Waals surface area contributed by atoms with Crippen LogP contribution in [0, 0.1) is 0 Å². The number of nitrogens with one attached hydrogen (secondary N) is 2. The highest BCUT2D eigenvalue weighted by atomic mass is 16.6. The molecule has 12 heteroatoms. The minimum Gasteiger partial charge on any atom is -0.481 e. The summed E-state index contributed by atoms with van der Waals surface area (Å²) in [5, 5.41) is 2.64. The van der Waals surface area contributed by atoms with Crippen LogP contribution in [0.4, 0.5) is 0 Å². The third-order valence-electron chi connectivity index (χ3n) is 7.06. The molecule has 0 saturated carbocycles. The fourth-order valence-corrected chi connectivity index (χ4v) is 4.58. The molecule has 12 nitrogen and oxygen atoms in total. The van der Waals surface area contributed by atoms with Gasteiger partial charge in [-0.2, -0.15) is 0 Å². The van der Waals surface area contributed by atoms with Crippen LogP contribution in [0.15, 0.2) is 143 Å². The van der Waals surface area contributed by atoms with Crippen molar-refractivity contribution in [3.63, 3.8) is 0 Å². The molecule has 5 aromatic rings. The van der Waals surface area contributed by atoms with Crippen LogP contribution in [0.3, 0.4) is 0 Å². The van der Waals surface area contributed by atoms with E-state index in [1.165, 1.54) is 14.2 Å². The van der Waals surface area contributed by atoms with Gasteiger partial charge in [0.1, 0.15) is 24.9 Å². The van der Waals surface area contributed by atoms with Gasteiger partial charge in [0, 0.05) is 11.1 Å². The first-order chi connectivity index (χ1) is 24.4. The molecule has 1 amide bonds. The van der Waals surface area contributed by atoms with Gasteiger partial charge in [-0.25, -0.2) is 19.6 Å². The van der Waals surface area contributed by atoms with E-state index < -0.39 is 23.4 Å². The number of carbonyl (C=O) groups is 3. The van der Waals surface area contributed by atoms with Gasteiger partial charge in [0.2, 0.25) is 11.5 Å². The number of aromatic amines is 1. The number of hydrogen-bond donors (Lipinski definition) is 2. The molecule has 2 heterocycles. The van der Waals surface area contributed by atoms with Crippen LogP contribution < -0.4 is 15.6 Å². The van der Waals surface area contributed by atoms with Crippen LogP contribution in [-0.4, -0.2) is 47.9 Å². The van der Waals surface area contributed by atoms with Crippen molar-refractivity contribution < 1.29 is 33.3 Å². The monoisotopic (exact) mass is 672 g/mol. The van der Waals surface area contributed by atoms with Crippen molar-refractivity contribution in [1.82, 2.24) is 15.3 Å². The minimum atomic E-state index is -0.751. The van der Waals surface area contributed by atoms with Crippen LogP contribution in [0.2, 0.25) is 0 Å². The molecule has 0 aliphatic carbocycles. The highest BCUT2D eigenvalue weighted by molar-refractivity contribution is 6.20. The van der Waals surface area contributed by atoms with Gasteiger partial charge in [-0.1, -0.05) is 121 Å². The van der Waals surface area contributed by atoms with Crippen LogP contribution in [-0.2, 0) is 37.0 Å². The molecule has 0 unspecified atom stereocenters. The van der Waals surface area contributed by atoms with Gasteiger partial charge in [0.05, 0.1) is 14.2 Å². The number of esters is 2. The number of amidine groups is 1. The van der Waals surface area contributed by atoms with Crippen molar-refractivity contribution >= 4 is 23.7 Å². The van der Waals surface area contributed by atoms with Gasteiger partial charge in [-0.15, -0.1) is 0 Å². The Bertz CT molecular complexity index is 2060. The lowest BCUT2D eigenvalue weighted by atomic mass is 10.2. The van der Waals surface area contributed by atoms with Gasteiger partial charge < -0.3 is 29.2 Å². The van der Waals surface area contributed by atoms with E-state index in [2.05, 4.69) is 20.3 Å². The van der Waals surface area contributed by atoms with E-state index in [-0.39, 0.29) is 41.9 Å². The van der Waals surface area contributed by atoms with E-state index in [1.807, 2.05) is 109 Å². The Kier molecular flexibility index (Phi) is 11.6. The molecule has 6 rings (SSSR count). The van der Waals surface area contributed by atoms with E-state index in [0.717, 1.165) is 16.7 Å². The number of hydrogen-bond acceptors (Lipinski definition) is 10. The Morgan fingerprint density at radius 2 is 1.22 bits per heavy atom. The number of aliphatic imine (C=N–C) groups is 1. The second-order valence-corrected chi connectivity index (χ2v) is 10.4. The second-order valence-electron chi connectivity index (χ2n) is 10.4. The highest BCUT2D eigenvalue weighted by Gasteiger charge is 2.30. The predicted octanol–water partition coefficient (Wildman–Crippen LogP) is 4.97. The zero-order chi connectivity index (χ0) is 35.3. The number of carbonyl (C=O) groups excluding carboxylic acids is 3. The summed E-state index contributed by atoms with van der Waals surface area (Å²) in [5.74, 6) is -1.72. The van der Waals surface area contributed by atoms with Crippen molar-refractivity contribution in [2.75, 3.05) is 14.2 Å². The molecule has 50 heavy (non-hydrogen) atoms. The molecule has 1 aliphatic rings. The Labute approximate surface area is 287 Å². The molecule has 2 N–H and O–H groups in total. The molecule has 1 aliphatic heterocycles. The largest absolute Gasteiger partial charge is 0.481 e. The van der Waals surface area contributed by atoms with E-state index >= 15 is 0 Å². The average molecular weight is 673 g/mol. The summed E-state index contributed by atoms with van der Waals surface area (Å²) in [6.07, 6.45) is 0. The molecule has 0 atom stereocenters. The summed E-state index contributed by atoms with van der Waals surface area (Å²) >= 11 is 0. The zero-order valence-electron chi connectivity index (χ0n) is 27.1. The molecule has 0 radical (unpaired) electrons. The molecule has 4 aromatic carbocycles. The standard InChI is InChI=1S/2C19H16N2O4/c1-24-19(23)15-16(25-12-13-8-4-2-5-9-13)18(22)21-17(20-15)14-10-6-3-7-11-14;1-24-19(23)16(25-12-13-8-4-2-5-9-13)15-18(22)21-17(20-15)14-10-6-3-7-11-14/h2*2-11H,12H2,1H3,(H,20,21,22)/b;16-15+. The molecule has 0 saturated heterocycles. The number of benzene rings is 4. The van der Waals surface area contributed by atoms with E-state index in [0.29, 0.717) is 11.4 Å². The second kappa shape index (κ2) is 16.8. The number of amides is 1. The normalized spacial score (nSPS) is 12.8. The molecular formula is C38H32N4O8. The Balaban J connectivity index is 0.000000194. The first-order valence-corrected chi connectivity index (χ1v) is 15.3. The van der Waals surface area contributed by atoms with Crippen LogP contribution in [0.1, 0.15) is 27.2 Å². The van der Waals surface area contributed by atoms with E-state index in [9.17, 15) is 19.2 Å². The Morgan fingerprint density at radius 1 is 0.680 bits per heavy atom. The number of ether oxygens (including phenoxy) is 4. The maximum atomic E-state index is 12.4. The summed E-state index contributed by atoms with van der Waals surface area (Å²) in [7, 11) is 2.46. The van der Waals surface area contributed by atoms with Crippen molar-refractivity contribution in [1.29, 1.82) is 0 Å². The molecule has 252 valence electrons. The van der Waals surface area contributed by atoms with Gasteiger partial charge >= 0.3 is 11.9 Å². The van der Waals surface area contributed by atoms with Crippen molar-refractivity contribution in [2.45, 2.75) is 13.2 Å². The molecule has 0 fully saturated rings. The van der Waals surface area contributed by atoms with Gasteiger partial charge in [0.15, 0.2) is 11.4 Å². The SMILES string of the molecule is COC(=O)/C(OCc1ccccc1)=C1\N=C(c2ccccc2)NC1=O.COC(=O)c1nc(-c2ccccc2)[nH]c(=O)c1OCc1ccccc1. The lowest BCUT2D eigenvalue weighted by molar-refractivity contribution is -0.141. The van der Waals surface area contributed by atoms with Crippen LogP contribution in [0.5, 0.6) is 5.75 Å². The summed E-state index contributed by atoms with van der Waals surface area (Å²) in [4.78, 5) is 59.9. The Hall–Kier alpha value is -6.82. The maximum Gasteiger partial charge on any atom is 0.375 e. The van der Waals surface area contributed by atoms with Gasteiger partial charge in [0.25, 0.3) is 11.5 Å². The number of aromatic nitrogens is 2. The molecule has 1 aromatic heterocycles. The average Bonchev–Trinajstić information content (AvgIpc) is 3.56. The minimum absolute atomic E-state index is 0.0957. The third-order valence-corrected chi connectivity index (χ3v) is 7.06. The topological polar surface area (TPSA) is 158 Å². The number of nitrogens with zero attached hydrogens (tertiary/aromatic N) is 2. The van der Waals surface area contributed by atoms with E-state index in [4.69, 9.17) is 18.9 Å². The van der Waals surface area contributed by atoms with Crippen molar-refractivity contribution in [3.05, 3.63) is 166 Å². The van der Waals surface area contributed by atoms with Crippen molar-refractivity contribution in [2.24, 2.45) is 4.99 Å². The van der Waals surface area contributed by atoms with Crippen LogP contribution in [0.25, 0.3) is 11.4 Å². The van der Waals surface area contributed by atoms with Crippen LogP contribution >= 0.6 is 0 Å². The quantitative estimate of drug-likeness (QED) is 0.119. The molecule has 0 bridgehead atoms. The first kappa shape index (κ1) is 34.5. The maximum absolute atomic E-state index is 12.4. The number of H-pyrrole nitrogens is 1. The molecular weight excluding hydrogens is 640 g/mol. The van der Waals surface area contributed by atoms with Crippen molar-refractivity contribution in [3.8, 4) is 17.1 Å². The summed E-state index contributed by atoms with van der Waals surface area (Å²) in [5.41, 5.74) is 2.35. The van der Waals surface area contributed by atoms with Gasteiger partial charge in [-0.05, 0) is 11.1 Å². The third kappa shape index (κ3) is 8.75. The summed E-state index contributed by atoms with van der Waals surface area (Å²) in [6, 6.07) is 36.8. The van der Waals surface area contributed by atoms with Gasteiger partial charge in [-0.3, -0.25) is 9.59 Å². The fraction of sp³-hybridized carbons (Fsp3) is 0.105. The van der Waals surface area contributed by atoms with E-state index in [1.54, 1.807) is 12.1 Å². The first-order valence-electron chi connectivity index (χ1n) is 15.3.